The lowest BCUT2D eigenvalue weighted by Crippen LogP contribution is -2.52. The molecule has 0 unspecified atom stereocenters. The summed E-state index contributed by atoms with van der Waals surface area (Å²) in [6.07, 6.45) is 0.0580. The maximum atomic E-state index is 13.0. The Morgan fingerprint density at radius 2 is 1.86 bits per heavy atom. The van der Waals surface area contributed by atoms with Gasteiger partial charge in [0.15, 0.2) is 0 Å². The van der Waals surface area contributed by atoms with Crippen molar-refractivity contribution in [2.75, 3.05) is 0 Å². The molecule has 1 N–H and O–H groups in total. The van der Waals surface area contributed by atoms with Crippen LogP contribution in [0.3, 0.4) is 0 Å². The van der Waals surface area contributed by atoms with Crippen LogP contribution in [0.15, 0.2) is 46.2 Å². The van der Waals surface area contributed by atoms with Crippen LogP contribution >= 0.6 is 0 Å². The average molecular weight is 417 g/mol. The van der Waals surface area contributed by atoms with E-state index < -0.39 is 43.5 Å². The summed E-state index contributed by atoms with van der Waals surface area (Å²) in [5, 5.41) is 10.8. The zero-order valence-electron chi connectivity index (χ0n) is 15.2. The van der Waals surface area contributed by atoms with Crippen LogP contribution in [0, 0.1) is 6.92 Å². The van der Waals surface area contributed by atoms with Gasteiger partial charge in [-0.1, -0.05) is 6.07 Å². The van der Waals surface area contributed by atoms with Crippen molar-refractivity contribution in [1.82, 2.24) is 4.57 Å². The van der Waals surface area contributed by atoms with Gasteiger partial charge in [0, 0.05) is 17.3 Å². The smallest absolute Gasteiger partial charge is 0.485 e. The number of nitrogens with zero attached hydrogens (tertiary/aromatic N) is 1. The minimum Gasteiger partial charge on any atom is -0.485 e. The molecule has 0 saturated heterocycles. The number of aromatic nitrogens is 1. The molecule has 0 radical (unpaired) electrons. The maximum absolute atomic E-state index is 13.0. The van der Waals surface area contributed by atoms with Gasteiger partial charge in [0.2, 0.25) is 0 Å². The van der Waals surface area contributed by atoms with Crippen LogP contribution in [0.4, 0.5) is 13.2 Å². The summed E-state index contributed by atoms with van der Waals surface area (Å²) < 4.78 is 69.4. The van der Waals surface area contributed by atoms with E-state index in [4.69, 9.17) is 4.74 Å². The summed E-state index contributed by atoms with van der Waals surface area (Å²) in [6, 6.07) is 4.69. The summed E-state index contributed by atoms with van der Waals surface area (Å²) in [6.45, 7) is 4.69. The van der Waals surface area contributed by atoms with Crippen LogP contribution in [0.5, 0.6) is 5.75 Å². The van der Waals surface area contributed by atoms with Crippen LogP contribution in [0.2, 0.25) is 0 Å². The van der Waals surface area contributed by atoms with Gasteiger partial charge in [0.05, 0.1) is 10.9 Å². The molecule has 6 nitrogen and oxygen atoms in total. The second-order valence-electron chi connectivity index (χ2n) is 7.15. The normalized spacial score (nSPS) is 21.7. The van der Waals surface area contributed by atoms with Crippen LogP contribution in [-0.2, 0) is 9.84 Å². The van der Waals surface area contributed by atoms with E-state index in [0.717, 1.165) is 18.2 Å². The third-order valence-corrected chi connectivity index (χ3v) is 6.25. The fourth-order valence-corrected chi connectivity index (χ4v) is 3.99. The number of benzene rings is 1. The zero-order chi connectivity index (χ0) is 21.1. The number of hydrogen-bond acceptors (Lipinski definition) is 5. The number of rotatable bonds is 2. The molecule has 1 aromatic heterocycles. The van der Waals surface area contributed by atoms with Crippen molar-refractivity contribution in [3.05, 3.63) is 58.0 Å². The molecule has 0 saturated carbocycles. The first-order chi connectivity index (χ1) is 12.8. The summed E-state index contributed by atoms with van der Waals surface area (Å²) >= 11 is 0. The number of alkyl halides is 3. The molecule has 2 atom stereocenters. The number of hydrogen-bond donors (Lipinski definition) is 1. The Kier molecular flexibility index (Phi) is 4.62. The second kappa shape index (κ2) is 6.35. The van der Waals surface area contributed by atoms with Gasteiger partial charge < -0.3 is 14.4 Å². The summed E-state index contributed by atoms with van der Waals surface area (Å²) in [4.78, 5) is 11.6. The molecular weight excluding hydrogens is 399 g/mol. The minimum atomic E-state index is -5.60. The number of halogens is 3. The maximum Gasteiger partial charge on any atom is 0.501 e. The van der Waals surface area contributed by atoms with Crippen molar-refractivity contribution in [3.63, 3.8) is 0 Å². The average Bonchev–Trinajstić information content (AvgIpc) is 2.57. The number of pyridine rings is 1. The van der Waals surface area contributed by atoms with E-state index in [1.165, 1.54) is 10.8 Å². The lowest BCUT2D eigenvalue weighted by molar-refractivity contribution is -0.0644. The van der Waals surface area contributed by atoms with Gasteiger partial charge in [0.1, 0.15) is 17.5 Å². The summed E-state index contributed by atoms with van der Waals surface area (Å²) in [5.41, 5.74) is -6.78. The third-order valence-electron chi connectivity index (χ3n) is 4.76. The first kappa shape index (κ1) is 20.4. The van der Waals surface area contributed by atoms with Crippen molar-refractivity contribution in [2.45, 2.75) is 48.9 Å². The topological polar surface area (TPSA) is 85.6 Å². The van der Waals surface area contributed by atoms with Gasteiger partial charge >= 0.3 is 5.51 Å². The molecule has 0 bridgehead atoms. The molecule has 0 spiro atoms. The molecule has 2 heterocycles. The predicted octanol–water partition coefficient (Wildman–Crippen LogP) is 2.57. The lowest BCUT2D eigenvalue weighted by Gasteiger charge is -2.42. The highest BCUT2D eigenvalue weighted by Gasteiger charge is 2.49. The van der Waals surface area contributed by atoms with E-state index in [9.17, 15) is 31.5 Å². The molecule has 10 heteroatoms. The van der Waals surface area contributed by atoms with E-state index in [-0.39, 0.29) is 11.3 Å². The fraction of sp³-hybridized carbons (Fsp3) is 0.389. The highest BCUT2D eigenvalue weighted by Crippen LogP contribution is 2.43. The Balaban J connectivity index is 2.29. The van der Waals surface area contributed by atoms with Crippen LogP contribution in [0.25, 0.3) is 0 Å². The molecule has 0 amide bonds. The van der Waals surface area contributed by atoms with E-state index >= 15 is 0 Å². The predicted molar refractivity (Wildman–Crippen MR) is 94.0 cm³/mol. The molecule has 152 valence electrons. The Hall–Kier alpha value is -2.33. The Morgan fingerprint density at radius 3 is 2.46 bits per heavy atom. The van der Waals surface area contributed by atoms with Gasteiger partial charge in [-0.25, -0.2) is 8.42 Å². The molecule has 0 aliphatic carbocycles. The van der Waals surface area contributed by atoms with E-state index in [1.54, 1.807) is 32.9 Å². The fourth-order valence-electron chi connectivity index (χ4n) is 3.19. The zero-order valence-corrected chi connectivity index (χ0v) is 16.0. The minimum absolute atomic E-state index is 0.0233. The van der Waals surface area contributed by atoms with Crippen molar-refractivity contribution in [3.8, 4) is 5.75 Å². The van der Waals surface area contributed by atoms with Gasteiger partial charge in [-0.2, -0.15) is 13.2 Å². The summed E-state index contributed by atoms with van der Waals surface area (Å²) in [7, 11) is -5.60. The Bertz CT molecular complexity index is 1090. The Labute approximate surface area is 159 Å². The highest BCUT2D eigenvalue weighted by molar-refractivity contribution is 7.92. The highest BCUT2D eigenvalue weighted by atomic mass is 32.2. The molecule has 0 fully saturated rings. The van der Waals surface area contributed by atoms with Crippen molar-refractivity contribution in [2.24, 2.45) is 0 Å². The van der Waals surface area contributed by atoms with Gasteiger partial charge in [-0.3, -0.25) is 4.79 Å². The molecule has 1 aromatic carbocycles. The van der Waals surface area contributed by atoms with Crippen LogP contribution < -0.4 is 10.3 Å². The number of aryl methyl sites for hydroxylation is 1. The van der Waals surface area contributed by atoms with Crippen molar-refractivity contribution < 1.29 is 31.4 Å². The van der Waals surface area contributed by atoms with E-state index in [0.29, 0.717) is 5.56 Å². The van der Waals surface area contributed by atoms with Gasteiger partial charge in [-0.15, -0.1) is 0 Å². The van der Waals surface area contributed by atoms with Crippen LogP contribution in [-0.4, -0.2) is 35.3 Å². The van der Waals surface area contributed by atoms with Gasteiger partial charge in [-0.05, 0) is 45.0 Å². The monoisotopic (exact) mass is 417 g/mol. The Morgan fingerprint density at radius 1 is 1.21 bits per heavy atom. The largest absolute Gasteiger partial charge is 0.501 e. The first-order valence-corrected chi connectivity index (χ1v) is 9.76. The number of aliphatic hydroxyl groups is 1. The molecule has 1 aliphatic rings. The van der Waals surface area contributed by atoms with E-state index in [1.807, 2.05) is 0 Å². The number of aliphatic hydroxyl groups excluding tert-OH is 1. The first-order valence-electron chi connectivity index (χ1n) is 8.27. The molecule has 2 aromatic rings. The number of sulfone groups is 1. The third kappa shape index (κ3) is 3.10. The molecular formula is C18H18F3NO5S. The van der Waals surface area contributed by atoms with Crippen molar-refractivity contribution >= 4 is 9.84 Å². The molecule has 1 aliphatic heterocycles. The molecule has 3 rings (SSSR count). The number of ether oxygens (including phenoxy) is 1. The standard InChI is InChI=1S/C18H18F3NO5S/c1-10-5-4-8-22(16(10)24)14-12-9-11(28(25,26)18(19,20)21)6-7-13(12)27-17(2,3)15(14)23/h4-9,14-15,23H,1-3H3/t14-,15+/m0/s1. The van der Waals surface area contributed by atoms with Crippen LogP contribution in [0.1, 0.15) is 31.0 Å². The lowest BCUT2D eigenvalue weighted by atomic mass is 9.86. The quantitative estimate of drug-likeness (QED) is 0.812. The second-order valence-corrected chi connectivity index (χ2v) is 9.09. The summed E-state index contributed by atoms with van der Waals surface area (Å²) in [5.74, 6) is 0.0924. The SMILES string of the molecule is Cc1cccn([C@H]2c3cc(S(=O)(=O)C(F)(F)F)ccc3OC(C)(C)[C@@H]2O)c1=O. The number of fused-ring (bicyclic) bond motifs is 1. The van der Waals surface area contributed by atoms with Gasteiger partial charge in [0.25, 0.3) is 15.4 Å². The van der Waals surface area contributed by atoms with Crippen molar-refractivity contribution in [1.29, 1.82) is 0 Å². The molecule has 28 heavy (non-hydrogen) atoms. The van der Waals surface area contributed by atoms with E-state index in [2.05, 4.69) is 0 Å².